The van der Waals surface area contributed by atoms with E-state index < -0.39 is 10.8 Å². The molecule has 11 heteroatoms. The van der Waals surface area contributed by atoms with Gasteiger partial charge in [-0.05, 0) is 30.3 Å². The summed E-state index contributed by atoms with van der Waals surface area (Å²) in [5.41, 5.74) is 0.632. The van der Waals surface area contributed by atoms with Gasteiger partial charge in [-0.2, -0.15) is 0 Å². The average Bonchev–Trinajstić information content (AvgIpc) is 3.42. The number of carbonyl (C=O) groups excluding carboxylic acids is 1. The van der Waals surface area contributed by atoms with Crippen molar-refractivity contribution in [2.75, 3.05) is 11.9 Å². The lowest BCUT2D eigenvalue weighted by atomic mass is 10.2. The van der Waals surface area contributed by atoms with E-state index in [4.69, 9.17) is 20.8 Å². The Morgan fingerprint density at radius 2 is 1.94 bits per heavy atom. The van der Waals surface area contributed by atoms with Gasteiger partial charge in [-0.1, -0.05) is 41.1 Å². The van der Waals surface area contributed by atoms with E-state index in [1.807, 2.05) is 18.2 Å². The SMILES string of the molecule is O=C(COc1cccc([N+](=O)[O-])c1)Nc1nnc(-c2ccc(-c3ccccc3Cl)o2)s1. The molecule has 4 rings (SSSR count). The van der Waals surface area contributed by atoms with Gasteiger partial charge < -0.3 is 9.15 Å². The van der Waals surface area contributed by atoms with Gasteiger partial charge >= 0.3 is 0 Å². The second-order valence-electron chi connectivity index (χ2n) is 6.15. The maximum atomic E-state index is 12.1. The summed E-state index contributed by atoms with van der Waals surface area (Å²) < 4.78 is 11.1. The van der Waals surface area contributed by atoms with Crippen LogP contribution in [-0.4, -0.2) is 27.6 Å². The number of benzene rings is 2. The van der Waals surface area contributed by atoms with E-state index in [0.29, 0.717) is 21.6 Å². The molecule has 0 fully saturated rings. The number of carbonyl (C=O) groups is 1. The van der Waals surface area contributed by atoms with Crippen LogP contribution >= 0.6 is 22.9 Å². The molecule has 0 saturated carbocycles. The lowest BCUT2D eigenvalue weighted by molar-refractivity contribution is -0.384. The minimum atomic E-state index is -0.540. The summed E-state index contributed by atoms with van der Waals surface area (Å²) in [5.74, 6) is 0.808. The number of nitro benzene ring substituents is 1. The van der Waals surface area contributed by atoms with Crippen LogP contribution in [-0.2, 0) is 4.79 Å². The molecule has 0 bridgehead atoms. The number of non-ortho nitro benzene ring substituents is 1. The van der Waals surface area contributed by atoms with Crippen LogP contribution in [0.1, 0.15) is 0 Å². The van der Waals surface area contributed by atoms with Gasteiger partial charge in [0.25, 0.3) is 11.6 Å². The Labute approximate surface area is 184 Å². The molecule has 2 aromatic heterocycles. The maximum absolute atomic E-state index is 12.1. The summed E-state index contributed by atoms with van der Waals surface area (Å²) in [6.45, 7) is -0.340. The number of nitrogens with zero attached hydrogens (tertiary/aromatic N) is 3. The third-order valence-electron chi connectivity index (χ3n) is 4.03. The molecule has 0 atom stereocenters. The highest BCUT2D eigenvalue weighted by Gasteiger charge is 2.15. The first kappa shape index (κ1) is 20.5. The molecule has 0 aliphatic carbocycles. The van der Waals surface area contributed by atoms with Crippen molar-refractivity contribution < 1.29 is 18.9 Å². The quantitative estimate of drug-likeness (QED) is 0.305. The predicted octanol–water partition coefficient (Wildman–Crippen LogP) is 5.04. The topological polar surface area (TPSA) is 120 Å². The van der Waals surface area contributed by atoms with Crippen LogP contribution in [0.2, 0.25) is 5.02 Å². The zero-order valence-corrected chi connectivity index (χ0v) is 17.2. The third kappa shape index (κ3) is 4.87. The van der Waals surface area contributed by atoms with E-state index in [1.165, 1.54) is 24.3 Å². The number of anilines is 1. The molecule has 1 amide bonds. The molecule has 0 aliphatic heterocycles. The molecule has 0 unspecified atom stereocenters. The lowest BCUT2D eigenvalue weighted by Gasteiger charge is -2.05. The molecule has 156 valence electrons. The zero-order valence-electron chi connectivity index (χ0n) is 15.6. The van der Waals surface area contributed by atoms with Crippen molar-refractivity contribution in [3.05, 3.63) is 75.8 Å². The van der Waals surface area contributed by atoms with Gasteiger partial charge in [0.2, 0.25) is 5.13 Å². The molecular formula is C20H13ClN4O5S. The molecule has 1 N–H and O–H groups in total. The summed E-state index contributed by atoms with van der Waals surface area (Å²) in [5, 5.41) is 22.6. The Bertz CT molecular complexity index is 1260. The van der Waals surface area contributed by atoms with Crippen LogP contribution in [0.4, 0.5) is 10.8 Å². The number of hydrogen-bond acceptors (Lipinski definition) is 8. The molecular weight excluding hydrogens is 444 g/mol. The van der Waals surface area contributed by atoms with Gasteiger partial charge in [-0.25, -0.2) is 0 Å². The molecule has 0 spiro atoms. The number of amides is 1. The van der Waals surface area contributed by atoms with E-state index in [0.717, 1.165) is 16.9 Å². The first-order chi connectivity index (χ1) is 15.0. The molecule has 0 aliphatic rings. The highest BCUT2D eigenvalue weighted by atomic mass is 35.5. The van der Waals surface area contributed by atoms with E-state index in [-0.39, 0.29) is 23.2 Å². The minimum absolute atomic E-state index is 0.124. The fraction of sp³-hybridized carbons (Fsp3) is 0.0500. The average molecular weight is 457 g/mol. The first-order valence-corrected chi connectivity index (χ1v) is 10.0. The maximum Gasteiger partial charge on any atom is 0.273 e. The Balaban J connectivity index is 1.38. The molecule has 9 nitrogen and oxygen atoms in total. The van der Waals surface area contributed by atoms with Gasteiger partial charge in [-0.3, -0.25) is 20.2 Å². The first-order valence-electron chi connectivity index (χ1n) is 8.85. The molecule has 2 aromatic carbocycles. The van der Waals surface area contributed by atoms with E-state index >= 15 is 0 Å². The van der Waals surface area contributed by atoms with Crippen LogP contribution in [0.5, 0.6) is 5.75 Å². The van der Waals surface area contributed by atoms with Crippen molar-refractivity contribution in [1.82, 2.24) is 10.2 Å². The number of hydrogen-bond donors (Lipinski definition) is 1. The number of nitro groups is 1. The van der Waals surface area contributed by atoms with Crippen molar-refractivity contribution >= 4 is 39.7 Å². The van der Waals surface area contributed by atoms with Crippen molar-refractivity contribution in [3.8, 4) is 27.8 Å². The van der Waals surface area contributed by atoms with E-state index in [2.05, 4.69) is 15.5 Å². The second-order valence-corrected chi connectivity index (χ2v) is 7.53. The van der Waals surface area contributed by atoms with Crippen LogP contribution in [0, 0.1) is 10.1 Å². The van der Waals surface area contributed by atoms with Crippen LogP contribution in [0.3, 0.4) is 0 Å². The van der Waals surface area contributed by atoms with E-state index in [1.54, 1.807) is 18.2 Å². The van der Waals surface area contributed by atoms with Gasteiger partial charge in [0, 0.05) is 11.6 Å². The van der Waals surface area contributed by atoms with Crippen molar-refractivity contribution in [2.24, 2.45) is 0 Å². The number of rotatable bonds is 7. The molecule has 2 heterocycles. The lowest BCUT2D eigenvalue weighted by Crippen LogP contribution is -2.20. The fourth-order valence-corrected chi connectivity index (χ4v) is 3.57. The Morgan fingerprint density at radius 3 is 2.74 bits per heavy atom. The largest absolute Gasteiger partial charge is 0.484 e. The molecule has 4 aromatic rings. The third-order valence-corrected chi connectivity index (χ3v) is 5.21. The van der Waals surface area contributed by atoms with Gasteiger partial charge in [-0.15, -0.1) is 10.2 Å². The predicted molar refractivity (Wildman–Crippen MR) is 115 cm³/mol. The van der Waals surface area contributed by atoms with Crippen molar-refractivity contribution in [3.63, 3.8) is 0 Å². The van der Waals surface area contributed by atoms with Crippen molar-refractivity contribution in [2.45, 2.75) is 0 Å². The summed E-state index contributed by atoms with van der Waals surface area (Å²) in [6, 6.07) is 16.4. The standard InChI is InChI=1S/C20H13ClN4O5S/c21-15-7-2-1-6-14(15)16-8-9-17(30-16)19-23-24-20(31-19)22-18(26)11-29-13-5-3-4-12(10-13)25(27)28/h1-10H,11H2,(H,22,24,26). The molecule has 0 saturated heterocycles. The molecule has 0 radical (unpaired) electrons. The van der Waals surface area contributed by atoms with Gasteiger partial charge in [0.1, 0.15) is 11.5 Å². The highest BCUT2D eigenvalue weighted by molar-refractivity contribution is 7.18. The fourth-order valence-electron chi connectivity index (χ4n) is 2.62. The summed E-state index contributed by atoms with van der Waals surface area (Å²) >= 11 is 7.32. The number of halogens is 1. The minimum Gasteiger partial charge on any atom is -0.484 e. The molecule has 31 heavy (non-hydrogen) atoms. The Kier molecular flexibility index (Phi) is 5.92. The Hall–Kier alpha value is -3.76. The normalized spacial score (nSPS) is 10.6. The smallest absolute Gasteiger partial charge is 0.273 e. The number of furan rings is 1. The van der Waals surface area contributed by atoms with Gasteiger partial charge in [0.05, 0.1) is 16.0 Å². The van der Waals surface area contributed by atoms with Gasteiger partial charge in [0.15, 0.2) is 17.4 Å². The van der Waals surface area contributed by atoms with Crippen molar-refractivity contribution in [1.29, 1.82) is 0 Å². The highest BCUT2D eigenvalue weighted by Crippen LogP contribution is 2.34. The summed E-state index contributed by atoms with van der Waals surface area (Å²) in [7, 11) is 0. The van der Waals surface area contributed by atoms with Crippen LogP contribution < -0.4 is 10.1 Å². The second kappa shape index (κ2) is 8.94. The number of ether oxygens (including phenoxy) is 1. The van der Waals surface area contributed by atoms with Crippen LogP contribution in [0.25, 0.3) is 22.1 Å². The van der Waals surface area contributed by atoms with Crippen LogP contribution in [0.15, 0.2) is 65.1 Å². The Morgan fingerprint density at radius 1 is 1.13 bits per heavy atom. The number of nitrogens with one attached hydrogen (secondary N) is 1. The zero-order chi connectivity index (χ0) is 21.8. The number of aromatic nitrogens is 2. The monoisotopic (exact) mass is 456 g/mol. The summed E-state index contributed by atoms with van der Waals surface area (Å²) in [4.78, 5) is 22.4. The van der Waals surface area contributed by atoms with E-state index in [9.17, 15) is 14.9 Å². The summed E-state index contributed by atoms with van der Waals surface area (Å²) in [6.07, 6.45) is 0.